The number of hydrogen-bond donors (Lipinski definition) is 1. The van der Waals surface area contributed by atoms with Crippen LogP contribution in [0.15, 0.2) is 48.5 Å². The molecule has 1 unspecified atom stereocenters. The van der Waals surface area contributed by atoms with Crippen molar-refractivity contribution in [3.8, 4) is 0 Å². The molecule has 0 aliphatic carbocycles. The number of carbonyl (C=O) groups excluding carboxylic acids is 1. The van der Waals surface area contributed by atoms with Gasteiger partial charge in [-0.15, -0.1) is 0 Å². The lowest BCUT2D eigenvalue weighted by Crippen LogP contribution is -2.49. The molecule has 138 valence electrons. The van der Waals surface area contributed by atoms with Crippen LogP contribution in [-0.4, -0.2) is 29.3 Å². The number of amides is 1. The second kappa shape index (κ2) is 7.46. The number of aliphatic hydroxyl groups is 1. The van der Waals surface area contributed by atoms with Gasteiger partial charge in [0.2, 0.25) is 0 Å². The number of nitrogens with zero attached hydrogens (tertiary/aromatic N) is 1. The van der Waals surface area contributed by atoms with Gasteiger partial charge in [0.25, 0.3) is 0 Å². The Morgan fingerprint density at radius 1 is 1.19 bits per heavy atom. The Bertz CT molecular complexity index is 760. The molecule has 3 rings (SSSR count). The third kappa shape index (κ3) is 3.58. The van der Waals surface area contributed by atoms with Crippen molar-refractivity contribution in [2.45, 2.75) is 38.3 Å². The van der Waals surface area contributed by atoms with E-state index in [9.17, 15) is 14.3 Å². The number of ether oxygens (including phenoxy) is 1. The van der Waals surface area contributed by atoms with Crippen LogP contribution in [0.1, 0.15) is 42.5 Å². The standard InChI is InChI=1S/C21H24FNO3/c1-15-3-5-17(6-4-15)16(2)23-13-11-21(12-14-24,26-20(23)25)18-7-9-19(22)10-8-18/h3-10,16,24H,11-14H2,1-2H3/t16-,21?/m0/s1. The monoisotopic (exact) mass is 357 g/mol. The first-order valence-electron chi connectivity index (χ1n) is 8.88. The number of cyclic esters (lactones) is 1. The maximum absolute atomic E-state index is 13.3. The van der Waals surface area contributed by atoms with Crippen molar-refractivity contribution >= 4 is 6.09 Å². The summed E-state index contributed by atoms with van der Waals surface area (Å²) in [6.45, 7) is 4.39. The summed E-state index contributed by atoms with van der Waals surface area (Å²) < 4.78 is 19.1. The highest BCUT2D eigenvalue weighted by atomic mass is 19.1. The van der Waals surface area contributed by atoms with E-state index in [4.69, 9.17) is 4.74 Å². The second-order valence-electron chi connectivity index (χ2n) is 6.87. The van der Waals surface area contributed by atoms with Crippen molar-refractivity contribution in [2.24, 2.45) is 0 Å². The number of aryl methyl sites for hydroxylation is 1. The van der Waals surface area contributed by atoms with Crippen LogP contribution in [0.25, 0.3) is 0 Å². The van der Waals surface area contributed by atoms with Crippen LogP contribution in [0.5, 0.6) is 0 Å². The van der Waals surface area contributed by atoms with Gasteiger partial charge in [-0.1, -0.05) is 42.0 Å². The van der Waals surface area contributed by atoms with E-state index in [1.807, 2.05) is 38.1 Å². The van der Waals surface area contributed by atoms with Gasteiger partial charge in [-0.3, -0.25) is 0 Å². The van der Waals surface area contributed by atoms with E-state index in [2.05, 4.69) is 0 Å². The zero-order valence-corrected chi connectivity index (χ0v) is 15.1. The van der Waals surface area contributed by atoms with E-state index >= 15 is 0 Å². The minimum atomic E-state index is -0.914. The second-order valence-corrected chi connectivity index (χ2v) is 6.87. The molecule has 1 fully saturated rings. The summed E-state index contributed by atoms with van der Waals surface area (Å²) in [5.41, 5.74) is 2.01. The molecule has 0 aromatic heterocycles. The molecule has 0 spiro atoms. The molecule has 1 saturated heterocycles. The van der Waals surface area contributed by atoms with E-state index in [0.717, 1.165) is 5.56 Å². The molecule has 1 aliphatic rings. The van der Waals surface area contributed by atoms with Crippen molar-refractivity contribution in [3.05, 3.63) is 71.0 Å². The summed E-state index contributed by atoms with van der Waals surface area (Å²) in [5.74, 6) is -0.343. The molecule has 0 saturated carbocycles. The Hall–Kier alpha value is -2.40. The maximum atomic E-state index is 13.3. The number of carbonyl (C=O) groups is 1. The highest BCUT2D eigenvalue weighted by Crippen LogP contribution is 2.39. The van der Waals surface area contributed by atoms with Gasteiger partial charge in [0.05, 0.1) is 6.04 Å². The molecule has 1 heterocycles. The van der Waals surface area contributed by atoms with Gasteiger partial charge >= 0.3 is 6.09 Å². The molecule has 1 aliphatic heterocycles. The van der Waals surface area contributed by atoms with E-state index in [1.165, 1.54) is 17.7 Å². The molecule has 0 radical (unpaired) electrons. The lowest BCUT2D eigenvalue weighted by atomic mass is 9.85. The number of benzene rings is 2. The fraction of sp³-hybridized carbons (Fsp3) is 0.381. The quantitative estimate of drug-likeness (QED) is 0.867. The highest BCUT2D eigenvalue weighted by Gasteiger charge is 2.43. The Balaban J connectivity index is 1.81. The van der Waals surface area contributed by atoms with Crippen molar-refractivity contribution in [3.63, 3.8) is 0 Å². The Morgan fingerprint density at radius 2 is 1.85 bits per heavy atom. The molecular weight excluding hydrogens is 333 g/mol. The molecule has 2 aromatic carbocycles. The average Bonchev–Trinajstić information content (AvgIpc) is 2.63. The van der Waals surface area contributed by atoms with E-state index in [1.54, 1.807) is 17.0 Å². The third-order valence-corrected chi connectivity index (χ3v) is 5.19. The lowest BCUT2D eigenvalue weighted by Gasteiger charge is -2.43. The third-order valence-electron chi connectivity index (χ3n) is 5.19. The molecule has 4 nitrogen and oxygen atoms in total. The van der Waals surface area contributed by atoms with Gasteiger partial charge in [0.15, 0.2) is 0 Å². The predicted molar refractivity (Wildman–Crippen MR) is 97.2 cm³/mol. The van der Waals surface area contributed by atoms with Crippen LogP contribution in [0.4, 0.5) is 9.18 Å². The first-order valence-corrected chi connectivity index (χ1v) is 8.88. The smallest absolute Gasteiger partial charge is 0.411 e. The first-order chi connectivity index (χ1) is 12.4. The van der Waals surface area contributed by atoms with E-state index < -0.39 is 11.7 Å². The first kappa shape index (κ1) is 18.4. The number of rotatable bonds is 5. The zero-order valence-electron chi connectivity index (χ0n) is 15.1. The maximum Gasteiger partial charge on any atom is 0.411 e. The average molecular weight is 357 g/mol. The minimum Gasteiger partial charge on any atom is -0.438 e. The van der Waals surface area contributed by atoms with Crippen LogP contribution in [-0.2, 0) is 10.3 Å². The van der Waals surface area contributed by atoms with Crippen LogP contribution in [0.2, 0.25) is 0 Å². The Morgan fingerprint density at radius 3 is 2.42 bits per heavy atom. The van der Waals surface area contributed by atoms with Gasteiger partial charge < -0.3 is 14.7 Å². The van der Waals surface area contributed by atoms with Crippen LogP contribution in [0.3, 0.4) is 0 Å². The summed E-state index contributed by atoms with van der Waals surface area (Å²) in [6.07, 6.45) is 0.417. The van der Waals surface area contributed by atoms with Crippen molar-refractivity contribution in [1.29, 1.82) is 0 Å². The molecular formula is C21H24FNO3. The fourth-order valence-corrected chi connectivity index (χ4v) is 3.50. The van der Waals surface area contributed by atoms with Gasteiger partial charge in [-0.05, 0) is 37.1 Å². The highest BCUT2D eigenvalue weighted by molar-refractivity contribution is 5.70. The molecule has 5 heteroatoms. The molecule has 2 aromatic rings. The molecule has 1 amide bonds. The Kier molecular flexibility index (Phi) is 5.28. The minimum absolute atomic E-state index is 0.108. The van der Waals surface area contributed by atoms with Crippen LogP contribution in [0, 0.1) is 12.7 Å². The molecule has 1 N–H and O–H groups in total. The van der Waals surface area contributed by atoms with Gasteiger partial charge in [-0.2, -0.15) is 0 Å². The summed E-state index contributed by atoms with van der Waals surface area (Å²) in [4.78, 5) is 14.5. The summed E-state index contributed by atoms with van der Waals surface area (Å²) in [7, 11) is 0. The van der Waals surface area contributed by atoms with E-state index in [0.29, 0.717) is 18.5 Å². The number of hydrogen-bond acceptors (Lipinski definition) is 3. The van der Waals surface area contributed by atoms with Crippen LogP contribution < -0.4 is 0 Å². The van der Waals surface area contributed by atoms with Crippen molar-refractivity contribution < 1.29 is 19.0 Å². The molecule has 2 atom stereocenters. The van der Waals surface area contributed by atoms with Gasteiger partial charge in [-0.25, -0.2) is 9.18 Å². The molecule has 0 bridgehead atoms. The SMILES string of the molecule is Cc1ccc([C@H](C)N2CCC(CCO)(c3ccc(F)cc3)OC2=O)cc1. The summed E-state index contributed by atoms with van der Waals surface area (Å²) >= 11 is 0. The molecule has 26 heavy (non-hydrogen) atoms. The Labute approximate surface area is 153 Å². The number of halogens is 1. The fourth-order valence-electron chi connectivity index (χ4n) is 3.50. The summed E-state index contributed by atoms with van der Waals surface area (Å²) in [6, 6.07) is 13.9. The normalized spacial score (nSPS) is 21.4. The van der Waals surface area contributed by atoms with Gasteiger partial charge in [0.1, 0.15) is 11.4 Å². The topological polar surface area (TPSA) is 49.8 Å². The van der Waals surface area contributed by atoms with Crippen LogP contribution >= 0.6 is 0 Å². The van der Waals surface area contributed by atoms with E-state index in [-0.39, 0.29) is 24.9 Å². The lowest BCUT2D eigenvalue weighted by molar-refractivity contribution is -0.0718. The zero-order chi connectivity index (χ0) is 18.7. The largest absolute Gasteiger partial charge is 0.438 e. The van der Waals surface area contributed by atoms with Crippen molar-refractivity contribution in [1.82, 2.24) is 4.90 Å². The number of aliphatic hydroxyl groups excluding tert-OH is 1. The van der Waals surface area contributed by atoms with Gasteiger partial charge in [0, 0.05) is 26.0 Å². The predicted octanol–water partition coefficient (Wildman–Crippen LogP) is 4.32. The van der Waals surface area contributed by atoms with Crippen molar-refractivity contribution in [2.75, 3.05) is 13.2 Å². The summed E-state index contributed by atoms with van der Waals surface area (Å²) in [5, 5.41) is 9.49.